The molecule has 5 heteroatoms. The summed E-state index contributed by atoms with van der Waals surface area (Å²) in [6.07, 6.45) is 3.04. The van der Waals surface area contributed by atoms with Gasteiger partial charge in [0.15, 0.2) is 12.4 Å². The molecule has 1 aromatic heterocycles. The van der Waals surface area contributed by atoms with Crippen LogP contribution in [0, 0.1) is 0 Å². The molecular weight excluding hydrogens is 320 g/mol. The lowest BCUT2D eigenvalue weighted by Crippen LogP contribution is -2.12. The van der Waals surface area contributed by atoms with Gasteiger partial charge in [0.2, 0.25) is 5.78 Å². The van der Waals surface area contributed by atoms with E-state index in [1.807, 2.05) is 30.3 Å². The third-order valence-corrected chi connectivity index (χ3v) is 3.57. The monoisotopic (exact) mass is 336 g/mol. The summed E-state index contributed by atoms with van der Waals surface area (Å²) in [5, 5.41) is 0.876. The SMILES string of the molecule is COC(=O)COc1ccccc1C=CC(=O)c1cc2ccccc2o1. The average molecular weight is 336 g/mol. The summed E-state index contributed by atoms with van der Waals surface area (Å²) in [6, 6.07) is 16.2. The van der Waals surface area contributed by atoms with Crippen LogP contribution < -0.4 is 4.74 Å². The molecule has 1 heterocycles. The second-order valence-electron chi connectivity index (χ2n) is 5.25. The quantitative estimate of drug-likeness (QED) is 0.388. The van der Waals surface area contributed by atoms with Crippen LogP contribution in [0.1, 0.15) is 16.1 Å². The number of esters is 1. The Morgan fingerprint density at radius 1 is 1.08 bits per heavy atom. The standard InChI is InChI=1S/C20H16O5/c1-23-20(22)13-24-17-8-4-2-6-14(17)10-11-16(21)19-12-15-7-3-5-9-18(15)25-19/h2-12H,13H2,1H3. The third kappa shape index (κ3) is 3.95. The van der Waals surface area contributed by atoms with Gasteiger partial charge in [-0.1, -0.05) is 36.4 Å². The Kier molecular flexibility index (Phi) is 4.95. The molecule has 0 radical (unpaired) electrons. The number of ketones is 1. The van der Waals surface area contributed by atoms with Crippen LogP contribution in [0.5, 0.6) is 5.75 Å². The van der Waals surface area contributed by atoms with Gasteiger partial charge in [-0.05, 0) is 30.4 Å². The molecular formula is C20H16O5. The molecule has 0 saturated heterocycles. The highest BCUT2D eigenvalue weighted by Crippen LogP contribution is 2.22. The molecule has 0 fully saturated rings. The molecule has 0 aliphatic rings. The zero-order valence-electron chi connectivity index (χ0n) is 13.6. The minimum Gasteiger partial charge on any atom is -0.481 e. The number of ether oxygens (including phenoxy) is 2. The van der Waals surface area contributed by atoms with E-state index in [0.29, 0.717) is 16.9 Å². The van der Waals surface area contributed by atoms with Crippen LogP contribution in [0.3, 0.4) is 0 Å². The second kappa shape index (κ2) is 7.49. The lowest BCUT2D eigenvalue weighted by molar-refractivity contribution is -0.142. The molecule has 0 spiro atoms. The number of rotatable bonds is 6. The zero-order valence-corrected chi connectivity index (χ0v) is 13.6. The number of hydrogen-bond acceptors (Lipinski definition) is 5. The number of allylic oxidation sites excluding steroid dienone is 1. The summed E-state index contributed by atoms with van der Waals surface area (Å²) in [6.45, 7) is -0.196. The van der Waals surface area contributed by atoms with Crippen LogP contribution in [0.15, 0.2) is 65.1 Å². The van der Waals surface area contributed by atoms with Crippen LogP contribution in [-0.4, -0.2) is 25.5 Å². The van der Waals surface area contributed by atoms with Crippen molar-refractivity contribution in [1.82, 2.24) is 0 Å². The van der Waals surface area contributed by atoms with Crippen molar-refractivity contribution in [2.75, 3.05) is 13.7 Å². The third-order valence-electron chi connectivity index (χ3n) is 3.57. The molecule has 0 bridgehead atoms. The maximum Gasteiger partial charge on any atom is 0.343 e. The van der Waals surface area contributed by atoms with Crippen molar-refractivity contribution in [2.45, 2.75) is 0 Å². The summed E-state index contributed by atoms with van der Waals surface area (Å²) < 4.78 is 15.5. The Bertz CT molecular complexity index is 903. The number of methoxy groups -OCH3 is 1. The van der Waals surface area contributed by atoms with E-state index in [2.05, 4.69) is 4.74 Å². The molecule has 3 aromatic rings. The summed E-state index contributed by atoms with van der Waals surface area (Å²) in [5.41, 5.74) is 1.34. The van der Waals surface area contributed by atoms with Crippen molar-refractivity contribution >= 4 is 28.8 Å². The first-order valence-corrected chi connectivity index (χ1v) is 7.67. The Morgan fingerprint density at radius 2 is 1.84 bits per heavy atom. The van der Waals surface area contributed by atoms with E-state index in [0.717, 1.165) is 5.39 Å². The molecule has 0 aliphatic heterocycles. The number of carbonyl (C=O) groups excluding carboxylic acids is 2. The fraction of sp³-hybridized carbons (Fsp3) is 0.100. The Hall–Kier alpha value is -3.34. The van der Waals surface area contributed by atoms with Gasteiger partial charge in [0.05, 0.1) is 7.11 Å². The number of hydrogen-bond donors (Lipinski definition) is 0. The molecule has 0 amide bonds. The maximum atomic E-state index is 12.3. The highest BCUT2D eigenvalue weighted by atomic mass is 16.6. The number of fused-ring (bicyclic) bond motifs is 1. The number of para-hydroxylation sites is 2. The molecule has 5 nitrogen and oxygen atoms in total. The largest absolute Gasteiger partial charge is 0.481 e. The van der Waals surface area contributed by atoms with E-state index in [-0.39, 0.29) is 18.2 Å². The van der Waals surface area contributed by atoms with E-state index >= 15 is 0 Å². The lowest BCUT2D eigenvalue weighted by Gasteiger charge is -2.07. The Labute approximate surface area is 144 Å². The smallest absolute Gasteiger partial charge is 0.343 e. The van der Waals surface area contributed by atoms with Crippen LogP contribution >= 0.6 is 0 Å². The van der Waals surface area contributed by atoms with Gasteiger partial charge >= 0.3 is 5.97 Å². The first-order chi connectivity index (χ1) is 12.2. The number of furan rings is 1. The first-order valence-electron chi connectivity index (χ1n) is 7.67. The van der Waals surface area contributed by atoms with Crippen molar-refractivity contribution in [3.8, 4) is 5.75 Å². The molecule has 0 aliphatic carbocycles. The Balaban J connectivity index is 1.77. The summed E-state index contributed by atoms with van der Waals surface area (Å²) in [5.74, 6) is 0.0306. The number of carbonyl (C=O) groups is 2. The fourth-order valence-corrected chi connectivity index (χ4v) is 2.30. The maximum absolute atomic E-state index is 12.3. The molecule has 0 saturated carbocycles. The van der Waals surface area contributed by atoms with E-state index in [4.69, 9.17) is 9.15 Å². The van der Waals surface area contributed by atoms with Crippen molar-refractivity contribution in [3.63, 3.8) is 0 Å². The highest BCUT2D eigenvalue weighted by Gasteiger charge is 2.10. The molecule has 0 N–H and O–H groups in total. The van der Waals surface area contributed by atoms with E-state index in [9.17, 15) is 9.59 Å². The van der Waals surface area contributed by atoms with Gasteiger partial charge in [-0.3, -0.25) is 4.79 Å². The van der Waals surface area contributed by atoms with Gasteiger partial charge in [0.25, 0.3) is 0 Å². The molecule has 0 unspecified atom stereocenters. The van der Waals surface area contributed by atoms with Crippen LogP contribution in [0.25, 0.3) is 17.0 Å². The van der Waals surface area contributed by atoms with Gasteiger partial charge in [-0.2, -0.15) is 0 Å². The lowest BCUT2D eigenvalue weighted by atomic mass is 10.1. The van der Waals surface area contributed by atoms with Gasteiger partial charge < -0.3 is 13.9 Å². The minimum atomic E-state index is -0.475. The predicted octanol–water partition coefficient (Wildman–Crippen LogP) is 3.88. The highest BCUT2D eigenvalue weighted by molar-refractivity contribution is 6.07. The predicted molar refractivity (Wildman–Crippen MR) is 93.5 cm³/mol. The van der Waals surface area contributed by atoms with Gasteiger partial charge in [-0.25, -0.2) is 4.79 Å². The van der Waals surface area contributed by atoms with Gasteiger partial charge in [0, 0.05) is 10.9 Å². The second-order valence-corrected chi connectivity index (χ2v) is 5.25. The van der Waals surface area contributed by atoms with Gasteiger partial charge in [-0.15, -0.1) is 0 Å². The van der Waals surface area contributed by atoms with Crippen molar-refractivity contribution in [2.24, 2.45) is 0 Å². The van der Waals surface area contributed by atoms with Crippen LogP contribution in [0.4, 0.5) is 0 Å². The van der Waals surface area contributed by atoms with Crippen molar-refractivity contribution < 1.29 is 23.5 Å². The zero-order chi connectivity index (χ0) is 17.6. The van der Waals surface area contributed by atoms with Crippen molar-refractivity contribution in [1.29, 1.82) is 0 Å². The Morgan fingerprint density at radius 3 is 2.64 bits per heavy atom. The summed E-state index contributed by atoms with van der Waals surface area (Å²) in [7, 11) is 1.30. The average Bonchev–Trinajstić information content (AvgIpc) is 3.09. The van der Waals surface area contributed by atoms with E-state index in [1.165, 1.54) is 13.2 Å². The summed E-state index contributed by atoms with van der Waals surface area (Å²) >= 11 is 0. The molecule has 0 atom stereocenters. The molecule has 25 heavy (non-hydrogen) atoms. The van der Waals surface area contributed by atoms with Crippen LogP contribution in [-0.2, 0) is 9.53 Å². The van der Waals surface area contributed by atoms with Crippen molar-refractivity contribution in [3.05, 3.63) is 72.0 Å². The summed E-state index contributed by atoms with van der Waals surface area (Å²) in [4.78, 5) is 23.5. The van der Waals surface area contributed by atoms with E-state index < -0.39 is 5.97 Å². The normalized spacial score (nSPS) is 10.9. The fourth-order valence-electron chi connectivity index (χ4n) is 2.30. The van der Waals surface area contributed by atoms with E-state index in [1.54, 1.807) is 30.3 Å². The molecule has 126 valence electrons. The number of benzene rings is 2. The minimum absolute atomic E-state index is 0.196. The first kappa shape index (κ1) is 16.5. The van der Waals surface area contributed by atoms with Gasteiger partial charge in [0.1, 0.15) is 11.3 Å². The molecule has 2 aromatic carbocycles. The topological polar surface area (TPSA) is 65.7 Å². The molecule has 3 rings (SSSR count). The van der Waals surface area contributed by atoms with Crippen LogP contribution in [0.2, 0.25) is 0 Å².